The highest BCUT2D eigenvalue weighted by atomic mass is 16.5. The largest absolute Gasteiger partial charge is 0.472 e. The van der Waals surface area contributed by atoms with E-state index in [9.17, 15) is 9.59 Å². The maximum atomic E-state index is 12.7. The Labute approximate surface area is 188 Å². The number of likely N-dealkylation sites (tertiary alicyclic amines) is 2. The molecule has 5 rings (SSSR count). The highest BCUT2D eigenvalue weighted by Crippen LogP contribution is 2.32. The van der Waals surface area contributed by atoms with E-state index in [4.69, 9.17) is 9.15 Å². The number of furan rings is 1. The summed E-state index contributed by atoms with van der Waals surface area (Å²) in [6.07, 6.45) is 4.75. The van der Waals surface area contributed by atoms with E-state index in [-0.39, 0.29) is 23.8 Å². The van der Waals surface area contributed by atoms with Crippen LogP contribution < -0.4 is 5.32 Å². The van der Waals surface area contributed by atoms with Crippen molar-refractivity contribution in [2.75, 3.05) is 45.9 Å². The number of hydrogen-bond donors (Lipinski definition) is 1. The van der Waals surface area contributed by atoms with Gasteiger partial charge < -0.3 is 24.3 Å². The van der Waals surface area contributed by atoms with Crippen LogP contribution in [0.3, 0.4) is 0 Å². The molecule has 1 N–H and O–H groups in total. The van der Waals surface area contributed by atoms with E-state index in [1.165, 1.54) is 6.26 Å². The predicted octanol–water partition coefficient (Wildman–Crippen LogP) is 2.57. The van der Waals surface area contributed by atoms with Gasteiger partial charge in [0, 0.05) is 39.3 Å². The molecule has 0 saturated carbocycles. The summed E-state index contributed by atoms with van der Waals surface area (Å²) in [7, 11) is 0. The van der Waals surface area contributed by atoms with Crippen LogP contribution in [0.1, 0.15) is 34.8 Å². The quantitative estimate of drug-likeness (QED) is 0.721. The van der Waals surface area contributed by atoms with E-state index in [2.05, 4.69) is 22.3 Å². The van der Waals surface area contributed by atoms with Crippen molar-refractivity contribution in [3.8, 4) is 0 Å². The van der Waals surface area contributed by atoms with Gasteiger partial charge in [0.15, 0.2) is 0 Å². The molecular weight excluding hydrogens is 406 g/mol. The zero-order valence-corrected chi connectivity index (χ0v) is 18.3. The summed E-state index contributed by atoms with van der Waals surface area (Å²) in [6.45, 7) is 5.76. The molecule has 3 fully saturated rings. The second-order valence-electron chi connectivity index (χ2n) is 9.32. The van der Waals surface area contributed by atoms with Crippen molar-refractivity contribution in [2.24, 2.45) is 17.8 Å². The van der Waals surface area contributed by atoms with E-state index < -0.39 is 0 Å². The minimum absolute atomic E-state index is 0.00362. The van der Waals surface area contributed by atoms with Gasteiger partial charge in [0.05, 0.1) is 30.4 Å². The fraction of sp³-hybridized carbons (Fsp3) is 0.520. The summed E-state index contributed by atoms with van der Waals surface area (Å²) in [6, 6.07) is 12.0. The molecule has 0 radical (unpaired) electrons. The number of rotatable bonds is 7. The molecule has 32 heavy (non-hydrogen) atoms. The minimum Gasteiger partial charge on any atom is -0.472 e. The Balaban J connectivity index is 1.15. The van der Waals surface area contributed by atoms with Crippen LogP contribution in [0, 0.1) is 17.8 Å². The summed E-state index contributed by atoms with van der Waals surface area (Å²) in [5.41, 5.74) is 1.78. The molecule has 0 spiro atoms. The number of benzene rings is 1. The van der Waals surface area contributed by atoms with Gasteiger partial charge in [0.2, 0.25) is 5.91 Å². The molecular formula is C25H31N3O4. The van der Waals surface area contributed by atoms with Crippen LogP contribution in [0.4, 0.5) is 0 Å². The Bertz CT molecular complexity index is 897. The highest BCUT2D eigenvalue weighted by Gasteiger charge is 2.41. The molecule has 2 amide bonds. The Kier molecular flexibility index (Phi) is 6.28. The van der Waals surface area contributed by atoms with Gasteiger partial charge in [-0.05, 0) is 36.3 Å². The van der Waals surface area contributed by atoms with Gasteiger partial charge in [-0.15, -0.1) is 0 Å². The Hall–Kier alpha value is -2.64. The number of ether oxygens (including phenoxy) is 1. The monoisotopic (exact) mass is 437 g/mol. The second-order valence-corrected chi connectivity index (χ2v) is 9.32. The molecule has 4 atom stereocenters. The van der Waals surface area contributed by atoms with E-state index in [0.717, 1.165) is 51.1 Å². The van der Waals surface area contributed by atoms with E-state index >= 15 is 0 Å². The van der Waals surface area contributed by atoms with Gasteiger partial charge >= 0.3 is 0 Å². The van der Waals surface area contributed by atoms with Crippen molar-refractivity contribution in [3.05, 3.63) is 60.1 Å². The maximum Gasteiger partial charge on any atom is 0.257 e. The van der Waals surface area contributed by atoms with Crippen molar-refractivity contribution < 1.29 is 18.7 Å². The first kappa shape index (κ1) is 21.2. The lowest BCUT2D eigenvalue weighted by Gasteiger charge is -2.25. The molecule has 1 aromatic carbocycles. The summed E-state index contributed by atoms with van der Waals surface area (Å²) in [5.74, 6) is 1.18. The van der Waals surface area contributed by atoms with Crippen molar-refractivity contribution >= 4 is 11.8 Å². The minimum atomic E-state index is -0.0360. The topological polar surface area (TPSA) is 75.0 Å². The second kappa shape index (κ2) is 9.46. The van der Waals surface area contributed by atoms with Gasteiger partial charge in [-0.3, -0.25) is 9.59 Å². The number of carbonyl (C=O) groups is 2. The number of hydrogen-bond acceptors (Lipinski definition) is 5. The Morgan fingerprint density at radius 2 is 1.84 bits per heavy atom. The van der Waals surface area contributed by atoms with Crippen LogP contribution in [-0.2, 0) is 9.53 Å². The molecule has 0 bridgehead atoms. The summed E-state index contributed by atoms with van der Waals surface area (Å²) < 4.78 is 10.5. The normalized spacial score (nSPS) is 26.2. The zero-order valence-electron chi connectivity index (χ0n) is 18.3. The smallest absolute Gasteiger partial charge is 0.257 e. The number of amides is 2. The molecule has 2 aromatic rings. The van der Waals surface area contributed by atoms with Crippen molar-refractivity contribution in [2.45, 2.75) is 18.9 Å². The molecule has 0 aliphatic carbocycles. The van der Waals surface area contributed by atoms with Gasteiger partial charge in [-0.1, -0.05) is 30.3 Å². The SMILES string of the molecule is O=C(NC(CCN1CC2CN(C(=O)c3ccoc3)C[C@@H]2C1)c1ccccc1)C1CCOC1. The van der Waals surface area contributed by atoms with Crippen molar-refractivity contribution in [1.82, 2.24) is 15.1 Å². The molecule has 1 aromatic heterocycles. The average Bonchev–Trinajstić information content (AvgIpc) is 3.60. The van der Waals surface area contributed by atoms with Gasteiger partial charge in [-0.2, -0.15) is 0 Å². The fourth-order valence-corrected chi connectivity index (χ4v) is 5.36. The summed E-state index contributed by atoms with van der Waals surface area (Å²) in [4.78, 5) is 29.8. The molecule has 4 heterocycles. The third-order valence-electron chi connectivity index (χ3n) is 7.17. The third kappa shape index (κ3) is 4.59. The van der Waals surface area contributed by atoms with Gasteiger partial charge in [0.25, 0.3) is 5.91 Å². The van der Waals surface area contributed by atoms with E-state index in [1.807, 2.05) is 23.1 Å². The number of carbonyl (C=O) groups excluding carboxylic acids is 2. The third-order valence-corrected chi connectivity index (χ3v) is 7.17. The Morgan fingerprint density at radius 1 is 1.06 bits per heavy atom. The molecule has 3 saturated heterocycles. The lowest BCUT2D eigenvalue weighted by molar-refractivity contribution is -0.125. The number of nitrogens with one attached hydrogen (secondary N) is 1. The maximum absolute atomic E-state index is 12.7. The van der Waals surface area contributed by atoms with Crippen LogP contribution in [0.15, 0.2) is 53.3 Å². The van der Waals surface area contributed by atoms with Gasteiger partial charge in [0.1, 0.15) is 6.26 Å². The van der Waals surface area contributed by atoms with Crippen LogP contribution in [0.5, 0.6) is 0 Å². The zero-order chi connectivity index (χ0) is 21.9. The van der Waals surface area contributed by atoms with Crippen molar-refractivity contribution in [1.29, 1.82) is 0 Å². The van der Waals surface area contributed by atoms with Gasteiger partial charge in [-0.25, -0.2) is 0 Å². The summed E-state index contributed by atoms with van der Waals surface area (Å²) >= 11 is 0. The molecule has 7 nitrogen and oxygen atoms in total. The number of nitrogens with zero attached hydrogens (tertiary/aromatic N) is 2. The molecule has 7 heteroatoms. The van der Waals surface area contributed by atoms with Crippen LogP contribution in [0.25, 0.3) is 0 Å². The number of fused-ring (bicyclic) bond motifs is 1. The Morgan fingerprint density at radius 3 is 2.50 bits per heavy atom. The fourth-order valence-electron chi connectivity index (χ4n) is 5.36. The summed E-state index contributed by atoms with van der Waals surface area (Å²) in [5, 5.41) is 3.28. The molecule has 170 valence electrons. The predicted molar refractivity (Wildman–Crippen MR) is 119 cm³/mol. The first-order chi connectivity index (χ1) is 15.7. The van der Waals surface area contributed by atoms with Crippen LogP contribution in [0.2, 0.25) is 0 Å². The first-order valence-electron chi connectivity index (χ1n) is 11.6. The van der Waals surface area contributed by atoms with Crippen molar-refractivity contribution in [3.63, 3.8) is 0 Å². The van der Waals surface area contributed by atoms with Crippen LogP contribution >= 0.6 is 0 Å². The first-order valence-corrected chi connectivity index (χ1v) is 11.6. The standard InChI is InChI=1S/C25H31N3O4/c29-24(19-7-10-31-16-19)26-23(18-4-2-1-3-5-18)6-9-27-12-21-14-28(15-22(21)13-27)25(30)20-8-11-32-17-20/h1-5,8,11,17,19,21-23H,6-7,9-10,12-16H2,(H,26,29)/t19?,21-,22?,23?/m0/s1. The van der Waals surface area contributed by atoms with E-state index in [1.54, 1.807) is 12.3 Å². The van der Waals surface area contributed by atoms with Crippen LogP contribution in [-0.4, -0.2) is 67.6 Å². The molecule has 3 unspecified atom stereocenters. The lowest BCUT2D eigenvalue weighted by atomic mass is 10.0. The van der Waals surface area contributed by atoms with E-state index in [0.29, 0.717) is 30.6 Å². The molecule has 3 aliphatic heterocycles. The molecule has 3 aliphatic rings. The highest BCUT2D eigenvalue weighted by molar-refractivity contribution is 5.94. The average molecular weight is 438 g/mol. The lowest BCUT2D eigenvalue weighted by Crippen LogP contribution is -2.37.